The van der Waals surface area contributed by atoms with E-state index in [2.05, 4.69) is 38.4 Å². The van der Waals surface area contributed by atoms with Gasteiger partial charge in [-0.3, -0.25) is 9.78 Å². The quantitative estimate of drug-likeness (QED) is 0.635. The van der Waals surface area contributed by atoms with E-state index in [0.717, 1.165) is 16.5 Å². The highest BCUT2D eigenvalue weighted by atomic mass is 79.9. The third-order valence-corrected chi connectivity index (χ3v) is 3.49. The molecule has 22 heavy (non-hydrogen) atoms. The number of pyridine rings is 1. The van der Waals surface area contributed by atoms with Crippen LogP contribution in [-0.2, 0) is 11.2 Å². The lowest BCUT2D eigenvalue weighted by Gasteiger charge is -2.08. The largest absolute Gasteiger partial charge is 0.483 e. The summed E-state index contributed by atoms with van der Waals surface area (Å²) in [6, 6.07) is 9.38. The smallest absolute Gasteiger partial charge is 0.277 e. The Morgan fingerprint density at radius 1 is 1.36 bits per heavy atom. The second-order valence-electron chi connectivity index (χ2n) is 4.48. The maximum atomic E-state index is 11.7. The molecule has 6 heteroatoms. The number of hydrazone groups is 1. The van der Waals surface area contributed by atoms with Crippen LogP contribution < -0.4 is 10.2 Å². The minimum atomic E-state index is -0.322. The number of nitrogens with one attached hydrogen (secondary N) is 1. The molecule has 2 rings (SSSR count). The van der Waals surface area contributed by atoms with Crippen molar-refractivity contribution in [1.29, 1.82) is 0 Å². The zero-order valence-corrected chi connectivity index (χ0v) is 13.7. The number of nitrogens with zero attached hydrogens (tertiary/aromatic N) is 2. The summed E-state index contributed by atoms with van der Waals surface area (Å²) in [6.45, 7) is 1.98. The van der Waals surface area contributed by atoms with Crippen LogP contribution >= 0.6 is 15.9 Å². The van der Waals surface area contributed by atoms with Crippen LogP contribution in [0.2, 0.25) is 0 Å². The Balaban J connectivity index is 1.82. The summed E-state index contributed by atoms with van der Waals surface area (Å²) < 4.78 is 6.29. The molecule has 0 atom stereocenters. The van der Waals surface area contributed by atoms with E-state index in [9.17, 15) is 4.79 Å². The first-order valence-electron chi connectivity index (χ1n) is 6.82. The van der Waals surface area contributed by atoms with Gasteiger partial charge in [0.1, 0.15) is 5.75 Å². The molecule has 1 aromatic carbocycles. The Hall–Kier alpha value is -2.21. The van der Waals surface area contributed by atoms with Gasteiger partial charge in [-0.05, 0) is 57.7 Å². The van der Waals surface area contributed by atoms with Crippen molar-refractivity contribution in [2.45, 2.75) is 13.3 Å². The molecule has 0 fully saturated rings. The lowest BCUT2D eigenvalue weighted by Crippen LogP contribution is -2.24. The van der Waals surface area contributed by atoms with E-state index >= 15 is 0 Å². The maximum Gasteiger partial charge on any atom is 0.277 e. The topological polar surface area (TPSA) is 63.6 Å². The van der Waals surface area contributed by atoms with E-state index in [1.54, 1.807) is 30.7 Å². The maximum absolute atomic E-state index is 11.7. The van der Waals surface area contributed by atoms with Crippen LogP contribution in [0.1, 0.15) is 18.1 Å². The van der Waals surface area contributed by atoms with Gasteiger partial charge in [-0.1, -0.05) is 13.0 Å². The summed E-state index contributed by atoms with van der Waals surface area (Å²) in [5.74, 6) is 0.308. The van der Waals surface area contributed by atoms with Crippen molar-refractivity contribution in [2.24, 2.45) is 5.10 Å². The minimum Gasteiger partial charge on any atom is -0.483 e. The van der Waals surface area contributed by atoms with Gasteiger partial charge in [0, 0.05) is 12.4 Å². The zero-order chi connectivity index (χ0) is 15.8. The Labute approximate surface area is 137 Å². The van der Waals surface area contributed by atoms with Crippen LogP contribution in [0.25, 0.3) is 0 Å². The summed E-state index contributed by atoms with van der Waals surface area (Å²) in [4.78, 5) is 15.6. The number of halogens is 1. The van der Waals surface area contributed by atoms with Crippen molar-refractivity contribution in [1.82, 2.24) is 10.4 Å². The fraction of sp³-hybridized carbons (Fsp3) is 0.188. The number of hydrogen-bond donors (Lipinski definition) is 1. The van der Waals surface area contributed by atoms with Crippen LogP contribution in [0, 0.1) is 0 Å². The first-order valence-corrected chi connectivity index (χ1v) is 7.61. The van der Waals surface area contributed by atoms with Crippen molar-refractivity contribution in [3.8, 4) is 5.75 Å². The van der Waals surface area contributed by atoms with E-state index in [4.69, 9.17) is 4.74 Å². The van der Waals surface area contributed by atoms with Crippen LogP contribution in [0.4, 0.5) is 0 Å². The van der Waals surface area contributed by atoms with Gasteiger partial charge in [0.05, 0.1) is 10.7 Å². The van der Waals surface area contributed by atoms with Crippen molar-refractivity contribution < 1.29 is 9.53 Å². The van der Waals surface area contributed by atoms with Gasteiger partial charge in [0.2, 0.25) is 0 Å². The minimum absolute atomic E-state index is 0.0994. The number of benzene rings is 1. The average Bonchev–Trinajstić information content (AvgIpc) is 2.54. The summed E-state index contributed by atoms with van der Waals surface area (Å²) in [6.07, 6.45) is 5.81. The Morgan fingerprint density at radius 2 is 2.14 bits per heavy atom. The number of ether oxygens (including phenoxy) is 1. The molecule has 114 valence electrons. The molecule has 0 spiro atoms. The third-order valence-electron chi connectivity index (χ3n) is 2.87. The van der Waals surface area contributed by atoms with Crippen molar-refractivity contribution in [3.05, 3.63) is 58.3 Å². The highest BCUT2D eigenvalue weighted by Gasteiger charge is 2.05. The number of amides is 1. The highest BCUT2D eigenvalue weighted by molar-refractivity contribution is 9.10. The summed E-state index contributed by atoms with van der Waals surface area (Å²) >= 11 is 3.43. The SMILES string of the molecule is CCc1ccc(OCC(=O)NN=Cc2ccncc2)c(Br)c1. The molecule has 0 bridgehead atoms. The molecule has 0 aliphatic rings. The summed E-state index contributed by atoms with van der Waals surface area (Å²) in [5.41, 5.74) is 4.47. The molecule has 0 unspecified atom stereocenters. The van der Waals surface area contributed by atoms with Crippen LogP contribution in [-0.4, -0.2) is 23.7 Å². The number of rotatable bonds is 6. The van der Waals surface area contributed by atoms with Gasteiger partial charge in [0.25, 0.3) is 5.91 Å². The van der Waals surface area contributed by atoms with Crippen LogP contribution in [0.15, 0.2) is 52.3 Å². The van der Waals surface area contributed by atoms with Gasteiger partial charge >= 0.3 is 0 Å². The number of carbonyl (C=O) groups excluding carboxylic acids is 1. The third kappa shape index (κ3) is 4.96. The Bertz CT molecular complexity index is 660. The predicted octanol–water partition coefficient (Wildman–Crippen LogP) is 2.94. The molecule has 1 N–H and O–H groups in total. The molecule has 0 saturated carbocycles. The Morgan fingerprint density at radius 3 is 2.82 bits per heavy atom. The van der Waals surface area contributed by atoms with Gasteiger partial charge in [0.15, 0.2) is 6.61 Å². The standard InChI is InChI=1S/C16H16BrN3O2/c1-2-12-3-4-15(14(17)9-12)22-11-16(21)20-19-10-13-5-7-18-8-6-13/h3-10H,2,11H2,1H3,(H,20,21). The molecule has 5 nitrogen and oxygen atoms in total. The van der Waals surface area contributed by atoms with Crippen molar-refractivity contribution in [2.75, 3.05) is 6.61 Å². The molecule has 1 heterocycles. The van der Waals surface area contributed by atoms with Crippen molar-refractivity contribution >= 4 is 28.1 Å². The molecule has 1 aromatic heterocycles. The first-order chi connectivity index (χ1) is 10.7. The van der Waals surface area contributed by atoms with Crippen LogP contribution in [0.5, 0.6) is 5.75 Å². The number of aromatic nitrogens is 1. The zero-order valence-electron chi connectivity index (χ0n) is 12.1. The molecule has 0 aliphatic carbocycles. The van der Waals surface area contributed by atoms with Gasteiger partial charge < -0.3 is 4.74 Å². The van der Waals surface area contributed by atoms with Gasteiger partial charge in [-0.25, -0.2) is 5.43 Å². The lowest BCUT2D eigenvalue weighted by molar-refractivity contribution is -0.123. The molecule has 0 radical (unpaired) electrons. The lowest BCUT2D eigenvalue weighted by atomic mass is 10.2. The van der Waals surface area contributed by atoms with Crippen molar-refractivity contribution in [3.63, 3.8) is 0 Å². The van der Waals surface area contributed by atoms with Gasteiger partial charge in [-0.15, -0.1) is 0 Å². The molecule has 0 saturated heterocycles. The summed E-state index contributed by atoms with van der Waals surface area (Å²) in [5, 5.41) is 3.86. The predicted molar refractivity (Wildman–Crippen MR) is 89.0 cm³/mol. The molecule has 1 amide bonds. The monoisotopic (exact) mass is 361 g/mol. The normalized spacial score (nSPS) is 10.6. The highest BCUT2D eigenvalue weighted by Crippen LogP contribution is 2.26. The number of hydrogen-bond acceptors (Lipinski definition) is 4. The van der Waals surface area contributed by atoms with E-state index in [1.165, 1.54) is 5.56 Å². The molecule has 2 aromatic rings. The number of carbonyl (C=O) groups is 1. The van der Waals surface area contributed by atoms with E-state index in [-0.39, 0.29) is 12.5 Å². The van der Waals surface area contributed by atoms with E-state index in [0.29, 0.717) is 5.75 Å². The first kappa shape index (κ1) is 16.2. The molecular weight excluding hydrogens is 346 g/mol. The summed E-state index contributed by atoms with van der Waals surface area (Å²) in [7, 11) is 0. The van der Waals surface area contributed by atoms with E-state index < -0.39 is 0 Å². The second kappa shape index (κ2) is 8.29. The Kier molecular flexibility index (Phi) is 6.09. The van der Waals surface area contributed by atoms with E-state index in [1.807, 2.05) is 18.2 Å². The average molecular weight is 362 g/mol. The van der Waals surface area contributed by atoms with Crippen LogP contribution in [0.3, 0.4) is 0 Å². The number of aryl methyl sites for hydroxylation is 1. The second-order valence-corrected chi connectivity index (χ2v) is 5.34. The molecular formula is C16H16BrN3O2. The van der Waals surface area contributed by atoms with Gasteiger partial charge in [-0.2, -0.15) is 5.10 Å². The molecule has 0 aliphatic heterocycles. The fourth-order valence-electron chi connectivity index (χ4n) is 1.69. The fourth-order valence-corrected chi connectivity index (χ4v) is 2.23.